The van der Waals surface area contributed by atoms with Gasteiger partial charge in [-0.15, -0.1) is 0 Å². The van der Waals surface area contributed by atoms with Crippen molar-refractivity contribution in [2.45, 2.75) is 53.1 Å². The molecule has 1 rings (SSSR count). The van der Waals surface area contributed by atoms with E-state index in [0.29, 0.717) is 6.04 Å². The van der Waals surface area contributed by atoms with Crippen LogP contribution in [0, 0.1) is 0 Å². The maximum absolute atomic E-state index is 4.67. The van der Waals surface area contributed by atoms with E-state index in [4.69, 9.17) is 0 Å². The van der Waals surface area contributed by atoms with Crippen molar-refractivity contribution in [2.75, 3.05) is 16.8 Å². The molecule has 96 valence electrons. The Morgan fingerprint density at radius 2 is 1.94 bits per heavy atom. The zero-order chi connectivity index (χ0) is 13.1. The van der Waals surface area contributed by atoms with Crippen molar-refractivity contribution in [1.82, 2.24) is 4.98 Å². The van der Waals surface area contributed by atoms with Crippen LogP contribution in [-0.4, -0.2) is 23.1 Å². The van der Waals surface area contributed by atoms with Crippen LogP contribution in [0.3, 0.4) is 0 Å². The fourth-order valence-electron chi connectivity index (χ4n) is 1.83. The quantitative estimate of drug-likeness (QED) is 0.865. The molecule has 3 nitrogen and oxygen atoms in total. The van der Waals surface area contributed by atoms with Gasteiger partial charge in [-0.25, -0.2) is 4.98 Å². The Bertz CT molecular complexity index is 353. The van der Waals surface area contributed by atoms with Gasteiger partial charge in [-0.1, -0.05) is 6.07 Å². The van der Waals surface area contributed by atoms with Gasteiger partial charge < -0.3 is 10.2 Å². The van der Waals surface area contributed by atoms with Crippen molar-refractivity contribution >= 4 is 11.6 Å². The van der Waals surface area contributed by atoms with Crippen LogP contribution in [-0.2, 0) is 0 Å². The fraction of sp³-hybridized carbons (Fsp3) is 0.643. The Labute approximate surface area is 105 Å². The number of nitrogens with zero attached hydrogens (tertiary/aromatic N) is 2. The van der Waals surface area contributed by atoms with Crippen LogP contribution in [0.25, 0.3) is 0 Å². The highest BCUT2D eigenvalue weighted by Crippen LogP contribution is 2.18. The van der Waals surface area contributed by atoms with Gasteiger partial charge in [0.2, 0.25) is 0 Å². The van der Waals surface area contributed by atoms with Crippen LogP contribution >= 0.6 is 0 Å². The Hall–Kier alpha value is -1.25. The average Bonchev–Trinajstić information content (AvgIpc) is 2.15. The molecular weight excluding hydrogens is 210 g/mol. The van der Waals surface area contributed by atoms with E-state index in [0.717, 1.165) is 18.2 Å². The predicted octanol–water partition coefficient (Wildman–Crippen LogP) is 3.53. The second-order valence-corrected chi connectivity index (χ2v) is 5.64. The van der Waals surface area contributed by atoms with E-state index in [1.165, 1.54) is 0 Å². The predicted molar refractivity (Wildman–Crippen MR) is 75.8 cm³/mol. The molecule has 0 aliphatic heterocycles. The smallest absolute Gasteiger partial charge is 0.131 e. The molecule has 0 radical (unpaired) electrons. The Morgan fingerprint density at radius 3 is 2.41 bits per heavy atom. The maximum atomic E-state index is 4.67. The molecule has 0 bridgehead atoms. The zero-order valence-corrected chi connectivity index (χ0v) is 11.9. The molecule has 0 fully saturated rings. The van der Waals surface area contributed by atoms with Crippen molar-refractivity contribution in [3.8, 4) is 0 Å². The molecule has 17 heavy (non-hydrogen) atoms. The number of rotatable bonds is 4. The number of pyridine rings is 1. The second kappa shape index (κ2) is 5.39. The number of hydrogen-bond donors (Lipinski definition) is 1. The first kappa shape index (κ1) is 13.8. The lowest BCUT2D eigenvalue weighted by Gasteiger charge is -2.28. The molecule has 0 aliphatic carbocycles. The summed E-state index contributed by atoms with van der Waals surface area (Å²) in [5.74, 6) is 1.98. The third-order valence-corrected chi connectivity index (χ3v) is 2.50. The van der Waals surface area contributed by atoms with E-state index < -0.39 is 0 Å². The molecule has 0 aliphatic rings. The lowest BCUT2D eigenvalue weighted by molar-refractivity contribution is 0.629. The van der Waals surface area contributed by atoms with Crippen LogP contribution < -0.4 is 10.2 Å². The number of hydrogen-bond acceptors (Lipinski definition) is 3. The van der Waals surface area contributed by atoms with Crippen LogP contribution in [0.15, 0.2) is 18.2 Å². The summed E-state index contributed by atoms with van der Waals surface area (Å²) < 4.78 is 0. The topological polar surface area (TPSA) is 28.2 Å². The minimum Gasteiger partial charge on any atom is -0.365 e. The first-order chi connectivity index (χ1) is 7.83. The van der Waals surface area contributed by atoms with Crippen LogP contribution in [0.2, 0.25) is 0 Å². The lowest BCUT2D eigenvalue weighted by Crippen LogP contribution is -2.32. The summed E-state index contributed by atoms with van der Waals surface area (Å²) in [4.78, 5) is 6.95. The Kier molecular flexibility index (Phi) is 4.38. The molecule has 0 unspecified atom stereocenters. The second-order valence-electron chi connectivity index (χ2n) is 5.64. The van der Waals surface area contributed by atoms with Gasteiger partial charge in [-0.2, -0.15) is 0 Å². The van der Waals surface area contributed by atoms with Crippen molar-refractivity contribution in [1.29, 1.82) is 0 Å². The normalized spacial score (nSPS) is 11.7. The fourth-order valence-corrected chi connectivity index (χ4v) is 1.83. The molecular formula is C14H25N3. The van der Waals surface area contributed by atoms with Crippen molar-refractivity contribution in [2.24, 2.45) is 0 Å². The first-order valence-electron chi connectivity index (χ1n) is 6.35. The number of anilines is 2. The van der Waals surface area contributed by atoms with Crippen LogP contribution in [0.5, 0.6) is 0 Å². The Balaban J connectivity index is 2.92. The van der Waals surface area contributed by atoms with E-state index in [9.17, 15) is 0 Å². The van der Waals surface area contributed by atoms with Gasteiger partial charge >= 0.3 is 0 Å². The van der Waals surface area contributed by atoms with Crippen LogP contribution in [0.4, 0.5) is 11.6 Å². The molecule has 1 aromatic rings. The Morgan fingerprint density at radius 1 is 1.29 bits per heavy atom. The summed E-state index contributed by atoms with van der Waals surface area (Å²) in [5, 5.41) is 3.40. The van der Waals surface area contributed by atoms with Gasteiger partial charge in [0, 0.05) is 18.1 Å². The minimum atomic E-state index is 0.0422. The molecule has 0 spiro atoms. The third-order valence-electron chi connectivity index (χ3n) is 2.50. The van der Waals surface area contributed by atoms with E-state index in [-0.39, 0.29) is 5.54 Å². The highest BCUT2D eigenvalue weighted by Gasteiger charge is 2.13. The van der Waals surface area contributed by atoms with Gasteiger partial charge in [0.25, 0.3) is 0 Å². The van der Waals surface area contributed by atoms with Crippen molar-refractivity contribution in [3.63, 3.8) is 0 Å². The highest BCUT2D eigenvalue weighted by atomic mass is 15.2. The first-order valence-corrected chi connectivity index (χ1v) is 6.35. The van der Waals surface area contributed by atoms with Gasteiger partial charge in [0.05, 0.1) is 0 Å². The highest BCUT2D eigenvalue weighted by molar-refractivity contribution is 5.48. The summed E-state index contributed by atoms with van der Waals surface area (Å²) in [6.45, 7) is 13.9. The van der Waals surface area contributed by atoms with E-state index in [1.807, 2.05) is 6.07 Å². The summed E-state index contributed by atoms with van der Waals surface area (Å²) in [5.41, 5.74) is 0.0422. The maximum Gasteiger partial charge on any atom is 0.131 e. The summed E-state index contributed by atoms with van der Waals surface area (Å²) in [7, 11) is 0. The molecule has 3 heteroatoms. The van der Waals surface area contributed by atoms with Crippen LogP contribution in [0.1, 0.15) is 41.5 Å². The number of aromatic nitrogens is 1. The largest absolute Gasteiger partial charge is 0.365 e. The lowest BCUT2D eigenvalue weighted by atomic mass is 10.1. The monoisotopic (exact) mass is 235 g/mol. The number of nitrogens with one attached hydrogen (secondary N) is 1. The van der Waals surface area contributed by atoms with Gasteiger partial charge in [-0.3, -0.25) is 0 Å². The zero-order valence-electron chi connectivity index (χ0n) is 11.9. The molecule has 0 atom stereocenters. The van der Waals surface area contributed by atoms with Gasteiger partial charge in [0.15, 0.2) is 0 Å². The summed E-state index contributed by atoms with van der Waals surface area (Å²) in [6, 6.07) is 6.61. The van der Waals surface area contributed by atoms with E-state index in [2.05, 4.69) is 68.9 Å². The van der Waals surface area contributed by atoms with E-state index >= 15 is 0 Å². The minimum absolute atomic E-state index is 0.0422. The van der Waals surface area contributed by atoms with Crippen molar-refractivity contribution in [3.05, 3.63) is 18.2 Å². The van der Waals surface area contributed by atoms with Gasteiger partial charge in [0.1, 0.15) is 11.6 Å². The molecule has 1 N–H and O–H groups in total. The SMILES string of the molecule is CCN(c1cccc(NC(C)(C)C)n1)C(C)C. The standard InChI is InChI=1S/C14H25N3/c1-7-17(11(2)3)13-10-8-9-12(15-13)16-14(4,5)6/h8-11H,7H2,1-6H3,(H,15,16). The molecule has 0 saturated heterocycles. The van der Waals surface area contributed by atoms with Crippen molar-refractivity contribution < 1.29 is 0 Å². The molecule has 0 amide bonds. The molecule has 0 aromatic carbocycles. The summed E-state index contributed by atoms with van der Waals surface area (Å²) in [6.07, 6.45) is 0. The van der Waals surface area contributed by atoms with E-state index in [1.54, 1.807) is 0 Å². The third kappa shape index (κ3) is 4.25. The molecule has 1 aromatic heterocycles. The molecule has 0 saturated carbocycles. The van der Waals surface area contributed by atoms with Gasteiger partial charge in [-0.05, 0) is 53.7 Å². The summed E-state index contributed by atoms with van der Waals surface area (Å²) >= 11 is 0. The molecule has 1 heterocycles. The average molecular weight is 235 g/mol.